The standard InChI is InChI=1S/C30H24F2OP2/c31-35(32,27-19-9-3-10-20-27,28-21-11-4-12-22-28)33-29-23-13-14-24-30(29)34(25-15-5-1-6-16-25)26-17-7-2-8-18-26/h1-24H. The Kier molecular flexibility index (Phi) is 6.48. The summed E-state index contributed by atoms with van der Waals surface area (Å²) < 4.78 is 40.3. The van der Waals surface area contributed by atoms with Gasteiger partial charge in [-0.3, -0.25) is 0 Å². The second-order valence-corrected chi connectivity index (χ2v) is 13.1. The Morgan fingerprint density at radius 2 is 0.829 bits per heavy atom. The van der Waals surface area contributed by atoms with Gasteiger partial charge < -0.3 is 0 Å². The molecule has 35 heavy (non-hydrogen) atoms. The molecule has 0 heterocycles. The van der Waals surface area contributed by atoms with Crippen LogP contribution in [0.5, 0.6) is 5.75 Å². The first-order valence-electron chi connectivity index (χ1n) is 11.3. The first-order valence-corrected chi connectivity index (χ1v) is 14.6. The average molecular weight is 500 g/mol. The van der Waals surface area contributed by atoms with Gasteiger partial charge in [0.25, 0.3) is 0 Å². The van der Waals surface area contributed by atoms with Gasteiger partial charge in [-0.15, -0.1) is 0 Å². The molecule has 0 aliphatic carbocycles. The Hall–Kier alpha value is -3.38. The van der Waals surface area contributed by atoms with Gasteiger partial charge in [0, 0.05) is 0 Å². The minimum atomic E-state index is -6.02. The number of halogens is 2. The molecule has 0 spiro atoms. The van der Waals surface area contributed by atoms with E-state index in [1.54, 1.807) is 48.5 Å². The van der Waals surface area contributed by atoms with Crippen LogP contribution in [0.15, 0.2) is 146 Å². The molecule has 1 nitrogen and oxygen atoms in total. The molecule has 0 aliphatic heterocycles. The number of hydrogen-bond donors (Lipinski definition) is 0. The summed E-state index contributed by atoms with van der Waals surface area (Å²) in [6, 6.07) is 43.1. The molecule has 0 aliphatic rings. The van der Waals surface area contributed by atoms with Gasteiger partial charge in [0.2, 0.25) is 0 Å². The zero-order chi connectivity index (χ0) is 24.2. The van der Waals surface area contributed by atoms with Crippen molar-refractivity contribution in [2.24, 2.45) is 0 Å². The van der Waals surface area contributed by atoms with Crippen LogP contribution in [0.4, 0.5) is 8.39 Å². The fourth-order valence-corrected chi connectivity index (χ4v) is 8.87. The molecule has 0 bridgehead atoms. The third kappa shape index (κ3) is 4.63. The molecule has 0 atom stereocenters. The normalized spacial score (nSPS) is 12.6. The number of hydrogen-bond acceptors (Lipinski definition) is 1. The van der Waals surface area contributed by atoms with E-state index in [4.69, 9.17) is 4.52 Å². The van der Waals surface area contributed by atoms with Crippen LogP contribution in [0.1, 0.15) is 0 Å². The molecular formula is C30H24F2OP2. The van der Waals surface area contributed by atoms with Crippen LogP contribution in [-0.4, -0.2) is 0 Å². The zero-order valence-electron chi connectivity index (χ0n) is 18.9. The van der Waals surface area contributed by atoms with E-state index in [-0.39, 0.29) is 16.4 Å². The van der Waals surface area contributed by atoms with Gasteiger partial charge in [-0.2, -0.15) is 0 Å². The van der Waals surface area contributed by atoms with Crippen LogP contribution < -0.4 is 31.0 Å². The quantitative estimate of drug-likeness (QED) is 0.226. The van der Waals surface area contributed by atoms with E-state index in [9.17, 15) is 0 Å². The van der Waals surface area contributed by atoms with E-state index in [0.29, 0.717) is 0 Å². The van der Waals surface area contributed by atoms with Crippen LogP contribution in [0, 0.1) is 0 Å². The Bertz CT molecular complexity index is 1310. The van der Waals surface area contributed by atoms with Crippen molar-refractivity contribution in [2.45, 2.75) is 0 Å². The van der Waals surface area contributed by atoms with Crippen molar-refractivity contribution in [3.05, 3.63) is 146 Å². The van der Waals surface area contributed by atoms with E-state index in [1.807, 2.05) is 48.5 Å². The maximum atomic E-state index is 17.1. The predicted molar refractivity (Wildman–Crippen MR) is 147 cm³/mol. The van der Waals surface area contributed by atoms with Crippen molar-refractivity contribution < 1.29 is 12.9 Å². The van der Waals surface area contributed by atoms with Crippen LogP contribution in [0.3, 0.4) is 0 Å². The maximum absolute atomic E-state index is 17.1. The second kappa shape index (κ2) is 9.70. The minimum absolute atomic E-state index is 0.0942. The van der Waals surface area contributed by atoms with Crippen molar-refractivity contribution in [3.8, 4) is 5.75 Å². The summed E-state index contributed by atoms with van der Waals surface area (Å²) in [5, 5.41) is 2.71. The zero-order valence-corrected chi connectivity index (χ0v) is 20.7. The molecule has 5 rings (SSSR count). The molecule has 0 saturated carbocycles. The molecule has 5 aromatic carbocycles. The molecule has 174 valence electrons. The van der Waals surface area contributed by atoms with Gasteiger partial charge in [0.15, 0.2) is 0 Å². The van der Waals surface area contributed by atoms with Gasteiger partial charge in [-0.25, -0.2) is 0 Å². The number of benzene rings is 5. The molecule has 0 N–H and O–H groups in total. The Morgan fingerprint density at radius 1 is 0.457 bits per heavy atom. The number of para-hydroxylation sites is 1. The first-order chi connectivity index (χ1) is 17.1. The summed E-state index contributed by atoms with van der Waals surface area (Å²) in [6.07, 6.45) is 0. The summed E-state index contributed by atoms with van der Waals surface area (Å²) in [6.45, 7) is 0. The third-order valence-electron chi connectivity index (χ3n) is 5.77. The van der Waals surface area contributed by atoms with Crippen LogP contribution >= 0.6 is 15.4 Å². The molecule has 0 saturated heterocycles. The van der Waals surface area contributed by atoms with E-state index in [0.717, 1.165) is 15.9 Å². The summed E-state index contributed by atoms with van der Waals surface area (Å²) in [4.78, 5) is 0. The van der Waals surface area contributed by atoms with Crippen molar-refractivity contribution >= 4 is 41.9 Å². The Labute approximate surface area is 206 Å². The molecule has 0 fully saturated rings. The van der Waals surface area contributed by atoms with Gasteiger partial charge in [0.1, 0.15) is 0 Å². The molecule has 0 radical (unpaired) electrons. The van der Waals surface area contributed by atoms with Crippen LogP contribution in [-0.2, 0) is 0 Å². The molecule has 0 aromatic heterocycles. The molecule has 0 amide bonds. The monoisotopic (exact) mass is 500 g/mol. The van der Waals surface area contributed by atoms with E-state index in [2.05, 4.69) is 24.3 Å². The summed E-state index contributed by atoms with van der Waals surface area (Å²) >= 11 is 0. The molecule has 5 heteroatoms. The summed E-state index contributed by atoms with van der Waals surface area (Å²) in [5.74, 6) is 0.210. The Balaban J connectivity index is 1.70. The van der Waals surface area contributed by atoms with Crippen LogP contribution in [0.2, 0.25) is 0 Å². The van der Waals surface area contributed by atoms with E-state index < -0.39 is 15.4 Å². The topological polar surface area (TPSA) is 9.23 Å². The van der Waals surface area contributed by atoms with Gasteiger partial charge in [-0.05, 0) is 0 Å². The van der Waals surface area contributed by atoms with Gasteiger partial charge in [-0.1, -0.05) is 0 Å². The SMILES string of the molecule is FP(F)(Oc1ccccc1P(c1ccccc1)c1ccccc1)(c1ccccc1)c1ccccc1. The molecular weight excluding hydrogens is 476 g/mol. The summed E-state index contributed by atoms with van der Waals surface area (Å²) in [5.41, 5.74) is 0. The van der Waals surface area contributed by atoms with E-state index >= 15 is 8.39 Å². The third-order valence-corrected chi connectivity index (χ3v) is 11.1. The molecule has 5 aromatic rings. The number of rotatable bonds is 7. The van der Waals surface area contributed by atoms with Crippen molar-refractivity contribution in [1.29, 1.82) is 0 Å². The van der Waals surface area contributed by atoms with Gasteiger partial charge in [0.05, 0.1) is 0 Å². The van der Waals surface area contributed by atoms with Gasteiger partial charge >= 0.3 is 206 Å². The Morgan fingerprint density at radius 3 is 1.29 bits per heavy atom. The molecule has 0 unspecified atom stereocenters. The fourth-order valence-electron chi connectivity index (χ4n) is 4.08. The van der Waals surface area contributed by atoms with Crippen molar-refractivity contribution in [1.82, 2.24) is 0 Å². The predicted octanol–water partition coefficient (Wildman–Crippen LogP) is 6.71. The van der Waals surface area contributed by atoms with Crippen molar-refractivity contribution in [2.75, 3.05) is 0 Å². The van der Waals surface area contributed by atoms with Crippen LogP contribution in [0.25, 0.3) is 0 Å². The fraction of sp³-hybridized carbons (Fsp3) is 0. The van der Waals surface area contributed by atoms with Crippen molar-refractivity contribution in [3.63, 3.8) is 0 Å². The first kappa shape index (κ1) is 23.4. The summed E-state index contributed by atoms with van der Waals surface area (Å²) in [7, 11) is -7.14. The average Bonchev–Trinajstić information content (AvgIpc) is 2.92. The second-order valence-electron chi connectivity index (χ2n) is 8.07. The van der Waals surface area contributed by atoms with E-state index in [1.165, 1.54) is 24.3 Å².